The number of hydrogen-bond donors (Lipinski definition) is 0. The van der Waals surface area contributed by atoms with Crippen LogP contribution in [0.1, 0.15) is 0 Å². The van der Waals surface area contributed by atoms with Gasteiger partial charge in [-0.3, -0.25) is 9.55 Å². The molecule has 10 heteroatoms. The SMILES string of the molecule is COCCn1c(-c2ncccc2Br)nnc1S(=O)(=O)Cl. The van der Waals surface area contributed by atoms with Crippen LogP contribution in [0.3, 0.4) is 0 Å². The van der Waals surface area contributed by atoms with Gasteiger partial charge >= 0.3 is 0 Å². The Bertz CT molecular complexity index is 719. The molecular weight excluding hydrogens is 372 g/mol. The minimum atomic E-state index is -4.00. The molecule has 0 atom stereocenters. The molecule has 0 aromatic carbocycles. The zero-order valence-electron chi connectivity index (χ0n) is 10.3. The van der Waals surface area contributed by atoms with E-state index < -0.39 is 9.05 Å². The van der Waals surface area contributed by atoms with Crippen molar-refractivity contribution in [2.24, 2.45) is 0 Å². The molecule has 2 aromatic heterocycles. The predicted octanol–water partition coefficient (Wildman–Crippen LogP) is 1.68. The van der Waals surface area contributed by atoms with Crippen molar-refractivity contribution in [3.63, 3.8) is 0 Å². The second kappa shape index (κ2) is 6.17. The van der Waals surface area contributed by atoms with Crippen molar-refractivity contribution in [3.8, 4) is 11.5 Å². The van der Waals surface area contributed by atoms with Gasteiger partial charge in [0.05, 0.1) is 13.2 Å². The van der Waals surface area contributed by atoms with Crippen molar-refractivity contribution in [1.82, 2.24) is 19.7 Å². The summed E-state index contributed by atoms with van der Waals surface area (Å²) in [6.45, 7) is 0.526. The Kier molecular flexibility index (Phi) is 4.74. The summed E-state index contributed by atoms with van der Waals surface area (Å²) in [5.41, 5.74) is 0.475. The monoisotopic (exact) mass is 380 g/mol. The lowest BCUT2D eigenvalue weighted by atomic mass is 10.3. The van der Waals surface area contributed by atoms with Crippen LogP contribution in [0.4, 0.5) is 0 Å². The number of halogens is 2. The van der Waals surface area contributed by atoms with Crippen molar-refractivity contribution >= 4 is 35.7 Å². The molecule has 7 nitrogen and oxygen atoms in total. The maximum absolute atomic E-state index is 11.5. The second-order valence-corrected chi connectivity index (χ2v) is 7.04. The lowest BCUT2D eigenvalue weighted by molar-refractivity contribution is 0.185. The van der Waals surface area contributed by atoms with Crippen LogP contribution in [0, 0.1) is 0 Å². The minimum absolute atomic E-state index is 0.239. The summed E-state index contributed by atoms with van der Waals surface area (Å²) in [5.74, 6) is 0.300. The fourth-order valence-corrected chi connectivity index (χ4v) is 2.93. The summed E-state index contributed by atoms with van der Waals surface area (Å²) in [5, 5.41) is 7.17. The molecule has 0 bridgehead atoms. The fraction of sp³-hybridized carbons (Fsp3) is 0.300. The third kappa shape index (κ3) is 3.17. The number of aromatic nitrogens is 4. The van der Waals surface area contributed by atoms with Crippen LogP contribution in [-0.4, -0.2) is 41.9 Å². The lowest BCUT2D eigenvalue weighted by Crippen LogP contribution is -2.12. The van der Waals surface area contributed by atoms with Crippen LogP contribution in [0.15, 0.2) is 28.0 Å². The van der Waals surface area contributed by atoms with Gasteiger partial charge in [-0.2, -0.15) is 0 Å². The molecule has 0 N–H and O–H groups in total. The van der Waals surface area contributed by atoms with E-state index in [0.717, 1.165) is 0 Å². The summed E-state index contributed by atoms with van der Waals surface area (Å²) in [6, 6.07) is 3.51. The van der Waals surface area contributed by atoms with E-state index in [0.29, 0.717) is 16.0 Å². The van der Waals surface area contributed by atoms with Crippen molar-refractivity contribution in [1.29, 1.82) is 0 Å². The number of methoxy groups -OCH3 is 1. The van der Waals surface area contributed by atoms with Gasteiger partial charge in [0.1, 0.15) is 5.69 Å². The van der Waals surface area contributed by atoms with Crippen molar-refractivity contribution in [2.75, 3.05) is 13.7 Å². The fourth-order valence-electron chi connectivity index (χ4n) is 1.58. The van der Waals surface area contributed by atoms with E-state index in [9.17, 15) is 8.42 Å². The van der Waals surface area contributed by atoms with Crippen LogP contribution in [0.25, 0.3) is 11.5 Å². The van der Waals surface area contributed by atoms with Crippen molar-refractivity contribution < 1.29 is 13.2 Å². The molecule has 0 aliphatic carbocycles. The molecule has 20 heavy (non-hydrogen) atoms. The second-order valence-electron chi connectivity index (χ2n) is 3.72. The molecule has 0 amide bonds. The number of nitrogens with zero attached hydrogens (tertiary/aromatic N) is 4. The van der Waals surface area contributed by atoms with Crippen molar-refractivity contribution in [2.45, 2.75) is 11.7 Å². The zero-order chi connectivity index (χ0) is 14.8. The summed E-state index contributed by atoms with van der Waals surface area (Å²) >= 11 is 3.34. The summed E-state index contributed by atoms with van der Waals surface area (Å²) in [6.07, 6.45) is 1.57. The first-order valence-electron chi connectivity index (χ1n) is 5.43. The first kappa shape index (κ1) is 15.4. The van der Waals surface area contributed by atoms with E-state index in [1.807, 2.05) is 0 Å². The molecule has 0 radical (unpaired) electrons. The molecule has 0 saturated heterocycles. The Morgan fingerprint density at radius 2 is 2.20 bits per heavy atom. The van der Waals surface area contributed by atoms with Gasteiger partial charge in [0.15, 0.2) is 5.82 Å². The van der Waals surface area contributed by atoms with Gasteiger partial charge < -0.3 is 4.74 Å². The van der Waals surface area contributed by atoms with Gasteiger partial charge in [0.25, 0.3) is 14.2 Å². The van der Waals surface area contributed by atoms with E-state index >= 15 is 0 Å². The Morgan fingerprint density at radius 1 is 1.45 bits per heavy atom. The molecule has 0 spiro atoms. The zero-order valence-corrected chi connectivity index (χ0v) is 13.5. The summed E-state index contributed by atoms with van der Waals surface area (Å²) in [7, 11) is 2.87. The maximum atomic E-state index is 11.5. The van der Waals surface area contributed by atoms with E-state index in [-0.39, 0.29) is 18.3 Å². The van der Waals surface area contributed by atoms with Crippen LogP contribution >= 0.6 is 26.6 Å². The quantitative estimate of drug-likeness (QED) is 0.732. The highest BCUT2D eigenvalue weighted by atomic mass is 79.9. The van der Waals surface area contributed by atoms with E-state index in [1.54, 1.807) is 18.3 Å². The maximum Gasteiger partial charge on any atom is 0.296 e. The van der Waals surface area contributed by atoms with Crippen LogP contribution in [0.2, 0.25) is 0 Å². The Labute approximate surface area is 128 Å². The Hall–Kier alpha value is -1.03. The molecule has 2 rings (SSSR count). The average Bonchev–Trinajstić information content (AvgIpc) is 2.80. The highest BCUT2D eigenvalue weighted by Gasteiger charge is 2.24. The normalized spacial score (nSPS) is 11.8. The minimum Gasteiger partial charge on any atom is -0.383 e. The standard InChI is InChI=1S/C10H10BrClN4O3S/c1-19-6-5-16-9(8-7(11)3-2-4-13-8)14-15-10(16)20(12,17)18/h2-4H,5-6H2,1H3. The Balaban J connectivity index is 2.60. The summed E-state index contributed by atoms with van der Waals surface area (Å²) < 4.78 is 30.0. The first-order valence-corrected chi connectivity index (χ1v) is 8.53. The first-order chi connectivity index (χ1) is 9.45. The average molecular weight is 382 g/mol. The van der Waals surface area contributed by atoms with Gasteiger partial charge in [0.2, 0.25) is 0 Å². The molecule has 0 fully saturated rings. The molecular formula is C10H10BrClN4O3S. The largest absolute Gasteiger partial charge is 0.383 e. The van der Waals surface area contributed by atoms with E-state index in [4.69, 9.17) is 15.4 Å². The van der Waals surface area contributed by atoms with Crippen LogP contribution < -0.4 is 0 Å². The third-order valence-electron chi connectivity index (χ3n) is 2.42. The molecule has 0 aliphatic rings. The van der Waals surface area contributed by atoms with Gasteiger partial charge in [-0.1, -0.05) is 0 Å². The van der Waals surface area contributed by atoms with Crippen LogP contribution in [-0.2, 0) is 20.3 Å². The van der Waals surface area contributed by atoms with Crippen molar-refractivity contribution in [3.05, 3.63) is 22.8 Å². The number of hydrogen-bond acceptors (Lipinski definition) is 6. The number of ether oxygens (including phenoxy) is 1. The third-order valence-corrected chi connectivity index (χ3v) is 4.22. The van der Waals surface area contributed by atoms with Gasteiger partial charge in [0, 0.05) is 28.5 Å². The van der Waals surface area contributed by atoms with E-state index in [1.165, 1.54) is 11.7 Å². The smallest absolute Gasteiger partial charge is 0.296 e. The molecule has 0 saturated carbocycles. The van der Waals surface area contributed by atoms with Gasteiger partial charge in [-0.15, -0.1) is 10.2 Å². The summed E-state index contributed by atoms with van der Waals surface area (Å²) in [4.78, 5) is 4.16. The van der Waals surface area contributed by atoms with Gasteiger partial charge in [-0.05, 0) is 28.1 Å². The predicted molar refractivity (Wildman–Crippen MR) is 75.9 cm³/mol. The van der Waals surface area contributed by atoms with Gasteiger partial charge in [-0.25, -0.2) is 8.42 Å². The number of rotatable bonds is 5. The van der Waals surface area contributed by atoms with E-state index in [2.05, 4.69) is 31.1 Å². The highest BCUT2D eigenvalue weighted by molar-refractivity contribution is 9.10. The topological polar surface area (TPSA) is 87.0 Å². The highest BCUT2D eigenvalue weighted by Crippen LogP contribution is 2.26. The number of pyridine rings is 1. The lowest BCUT2D eigenvalue weighted by Gasteiger charge is -2.08. The molecule has 0 aliphatic heterocycles. The molecule has 2 aromatic rings. The van der Waals surface area contributed by atoms with Crippen LogP contribution in [0.5, 0.6) is 0 Å². The molecule has 0 unspecified atom stereocenters. The molecule has 108 valence electrons. The molecule has 2 heterocycles. The Morgan fingerprint density at radius 3 is 2.80 bits per heavy atom.